The molecule has 0 saturated heterocycles. The molecule has 0 N–H and O–H groups in total. The van der Waals surface area contributed by atoms with E-state index in [9.17, 15) is 0 Å². The van der Waals surface area contributed by atoms with Crippen molar-refractivity contribution in [3.05, 3.63) is 218 Å². The molecule has 0 aliphatic carbocycles. The van der Waals surface area contributed by atoms with Crippen molar-refractivity contribution in [3.63, 3.8) is 0 Å². The third-order valence-electron chi connectivity index (χ3n) is 11.3. The maximum absolute atomic E-state index is 5.36. The van der Waals surface area contributed by atoms with E-state index in [1.54, 1.807) is 0 Å². The van der Waals surface area contributed by atoms with Gasteiger partial charge >= 0.3 is 0 Å². The minimum absolute atomic E-state index is 0.688. The van der Waals surface area contributed by atoms with E-state index in [1.165, 1.54) is 42.1 Å². The Labute approximate surface area is 347 Å². The van der Waals surface area contributed by atoms with Crippen LogP contribution in [-0.4, -0.2) is 9.97 Å². The molecule has 3 heteroatoms. The van der Waals surface area contributed by atoms with Gasteiger partial charge in [0.1, 0.15) is 0 Å². The Kier molecular flexibility index (Phi) is 8.72. The summed E-state index contributed by atoms with van der Waals surface area (Å²) >= 11 is 1.85. The van der Waals surface area contributed by atoms with E-state index in [0.29, 0.717) is 5.82 Å². The number of hydrogen-bond donors (Lipinski definition) is 0. The number of benzene rings is 9. The summed E-state index contributed by atoms with van der Waals surface area (Å²) in [5, 5.41) is 5.01. The van der Waals surface area contributed by atoms with Gasteiger partial charge in [0.2, 0.25) is 0 Å². The number of rotatable bonds is 7. The maximum atomic E-state index is 5.36. The number of thiophene rings is 1. The minimum atomic E-state index is 0.688. The van der Waals surface area contributed by atoms with Crippen molar-refractivity contribution in [2.45, 2.75) is 0 Å². The summed E-state index contributed by atoms with van der Waals surface area (Å²) in [5.41, 5.74) is 14.0. The number of hydrogen-bond acceptors (Lipinski definition) is 3. The molecule has 59 heavy (non-hydrogen) atoms. The average Bonchev–Trinajstić information content (AvgIpc) is 3.70. The van der Waals surface area contributed by atoms with Crippen molar-refractivity contribution < 1.29 is 0 Å². The van der Waals surface area contributed by atoms with Gasteiger partial charge in [0.05, 0.1) is 11.4 Å². The molecule has 0 atom stereocenters. The molecule has 276 valence electrons. The van der Waals surface area contributed by atoms with Gasteiger partial charge in [-0.25, -0.2) is 9.97 Å². The Bertz CT molecular complexity index is 3310. The molecule has 0 spiro atoms. The zero-order valence-electron chi connectivity index (χ0n) is 32.1. The topological polar surface area (TPSA) is 25.8 Å². The number of nitrogens with zero attached hydrogens (tertiary/aromatic N) is 2. The largest absolute Gasteiger partial charge is 0.228 e. The molecule has 9 aromatic carbocycles. The zero-order valence-corrected chi connectivity index (χ0v) is 32.9. The maximum Gasteiger partial charge on any atom is 0.160 e. The standard InChI is InChI=1S/C56H36N2S/c1-4-14-37(15-5-1)43-26-28-48(50(34-43)39-17-6-2-7-18-39)53-36-52(57-56(58-53)40-19-8-3-9-20-40)47-32-45(42-25-24-38-16-10-11-21-41(38)30-42)31-46(33-47)44-27-29-55-51(35-44)49-22-12-13-23-54(49)59-55/h1-36H. The lowest BCUT2D eigenvalue weighted by Gasteiger charge is -2.16. The van der Waals surface area contributed by atoms with Crippen molar-refractivity contribution in [2.75, 3.05) is 0 Å². The highest BCUT2D eigenvalue weighted by Crippen LogP contribution is 2.41. The summed E-state index contributed by atoms with van der Waals surface area (Å²) in [6.45, 7) is 0. The van der Waals surface area contributed by atoms with E-state index in [4.69, 9.17) is 9.97 Å². The summed E-state index contributed by atoms with van der Waals surface area (Å²) in [6.07, 6.45) is 0. The molecule has 0 fully saturated rings. The Morgan fingerprint density at radius 3 is 1.61 bits per heavy atom. The fraction of sp³-hybridized carbons (Fsp3) is 0. The Hall–Kier alpha value is -7.46. The van der Waals surface area contributed by atoms with Gasteiger partial charge in [-0.2, -0.15) is 0 Å². The van der Waals surface area contributed by atoms with E-state index in [1.807, 2.05) is 17.4 Å². The monoisotopic (exact) mass is 768 g/mol. The van der Waals surface area contributed by atoms with Crippen LogP contribution in [0, 0.1) is 0 Å². The Morgan fingerprint density at radius 1 is 0.271 bits per heavy atom. The van der Waals surface area contributed by atoms with Crippen molar-refractivity contribution in [1.82, 2.24) is 9.97 Å². The molecule has 2 nitrogen and oxygen atoms in total. The zero-order chi connectivity index (χ0) is 39.1. The molecule has 2 heterocycles. The molecule has 0 radical (unpaired) electrons. The van der Waals surface area contributed by atoms with Gasteiger partial charge in [-0.3, -0.25) is 0 Å². The van der Waals surface area contributed by atoms with Crippen molar-refractivity contribution in [2.24, 2.45) is 0 Å². The second kappa shape index (κ2) is 14.8. The van der Waals surface area contributed by atoms with Gasteiger partial charge in [-0.1, -0.05) is 164 Å². The SMILES string of the molecule is c1ccc(-c2ccc(-c3cc(-c4cc(-c5ccc6ccccc6c5)cc(-c5ccc6sc7ccccc7c6c5)c4)nc(-c4ccccc4)n3)c(-c3ccccc3)c2)cc1. The molecule has 0 aliphatic heterocycles. The van der Waals surface area contributed by atoms with Gasteiger partial charge < -0.3 is 0 Å². The van der Waals surface area contributed by atoms with E-state index >= 15 is 0 Å². The predicted molar refractivity (Wildman–Crippen MR) is 250 cm³/mol. The van der Waals surface area contributed by atoms with Crippen LogP contribution in [0.1, 0.15) is 0 Å². The van der Waals surface area contributed by atoms with Gasteiger partial charge in [-0.05, 0) is 110 Å². The van der Waals surface area contributed by atoms with Crippen molar-refractivity contribution >= 4 is 42.3 Å². The minimum Gasteiger partial charge on any atom is -0.228 e. The predicted octanol–water partition coefficient (Wildman–Crippen LogP) is 15.7. The van der Waals surface area contributed by atoms with Crippen LogP contribution in [-0.2, 0) is 0 Å². The third-order valence-corrected chi connectivity index (χ3v) is 12.4. The molecule has 11 rings (SSSR count). The first-order valence-corrected chi connectivity index (χ1v) is 20.8. The highest BCUT2D eigenvalue weighted by Gasteiger charge is 2.18. The summed E-state index contributed by atoms with van der Waals surface area (Å²) in [4.78, 5) is 10.7. The summed E-state index contributed by atoms with van der Waals surface area (Å²) in [6, 6.07) is 78.3. The van der Waals surface area contributed by atoms with Gasteiger partial charge in [-0.15, -0.1) is 11.3 Å². The first-order valence-electron chi connectivity index (χ1n) is 20.0. The lowest BCUT2D eigenvalue weighted by Crippen LogP contribution is -1.98. The van der Waals surface area contributed by atoms with E-state index in [-0.39, 0.29) is 0 Å². The van der Waals surface area contributed by atoms with E-state index in [0.717, 1.165) is 61.5 Å². The molecule has 0 bridgehead atoms. The highest BCUT2D eigenvalue weighted by atomic mass is 32.1. The van der Waals surface area contributed by atoms with Crippen LogP contribution < -0.4 is 0 Å². The first-order chi connectivity index (χ1) is 29.2. The average molecular weight is 769 g/mol. The van der Waals surface area contributed by atoms with Crippen LogP contribution in [0.15, 0.2) is 218 Å². The normalized spacial score (nSPS) is 11.4. The lowest BCUT2D eigenvalue weighted by atomic mass is 9.91. The van der Waals surface area contributed by atoms with Crippen LogP contribution in [0.3, 0.4) is 0 Å². The van der Waals surface area contributed by atoms with Gasteiger partial charge in [0.15, 0.2) is 5.82 Å². The van der Waals surface area contributed by atoms with Crippen LogP contribution in [0.25, 0.3) is 109 Å². The van der Waals surface area contributed by atoms with Crippen LogP contribution in [0.4, 0.5) is 0 Å². The van der Waals surface area contributed by atoms with Crippen molar-refractivity contribution in [3.8, 4) is 78.4 Å². The van der Waals surface area contributed by atoms with Gasteiger partial charge in [0, 0.05) is 36.9 Å². The molecule has 0 amide bonds. The van der Waals surface area contributed by atoms with Crippen molar-refractivity contribution in [1.29, 1.82) is 0 Å². The quantitative estimate of drug-likeness (QED) is 0.161. The molecule has 0 unspecified atom stereocenters. The fourth-order valence-corrected chi connectivity index (χ4v) is 9.35. The lowest BCUT2D eigenvalue weighted by molar-refractivity contribution is 1.18. The summed E-state index contributed by atoms with van der Waals surface area (Å²) in [7, 11) is 0. The molecular weight excluding hydrogens is 733 g/mol. The molecule has 2 aromatic heterocycles. The van der Waals surface area contributed by atoms with Gasteiger partial charge in [0.25, 0.3) is 0 Å². The smallest absolute Gasteiger partial charge is 0.160 e. The van der Waals surface area contributed by atoms with Crippen LogP contribution in [0.5, 0.6) is 0 Å². The Balaban J connectivity index is 1.14. The van der Waals surface area contributed by atoms with E-state index < -0.39 is 0 Å². The van der Waals surface area contributed by atoms with Crippen LogP contribution >= 0.6 is 11.3 Å². The molecule has 0 aliphatic rings. The fourth-order valence-electron chi connectivity index (χ4n) is 8.27. The second-order valence-corrected chi connectivity index (χ2v) is 16.1. The summed E-state index contributed by atoms with van der Waals surface area (Å²) in [5.74, 6) is 0.688. The number of fused-ring (bicyclic) bond motifs is 4. The summed E-state index contributed by atoms with van der Waals surface area (Å²) < 4.78 is 2.60. The highest BCUT2D eigenvalue weighted by molar-refractivity contribution is 7.25. The number of aromatic nitrogens is 2. The first kappa shape index (κ1) is 34.8. The third kappa shape index (κ3) is 6.68. The second-order valence-electron chi connectivity index (χ2n) is 15.0. The molecular formula is C56H36N2S. The molecule has 0 saturated carbocycles. The molecule has 11 aromatic rings. The van der Waals surface area contributed by atoms with E-state index in [2.05, 4.69) is 212 Å². The van der Waals surface area contributed by atoms with Crippen LogP contribution in [0.2, 0.25) is 0 Å². The Morgan fingerprint density at radius 2 is 0.831 bits per heavy atom.